The Labute approximate surface area is 212 Å². The van der Waals surface area contributed by atoms with Gasteiger partial charge in [0.25, 0.3) is 5.91 Å². The Morgan fingerprint density at radius 3 is 2.39 bits per heavy atom. The summed E-state index contributed by atoms with van der Waals surface area (Å²) in [6.45, 7) is 8.22. The number of aryl methyl sites for hydroxylation is 1. The number of rotatable bonds is 5. The third-order valence-electron chi connectivity index (χ3n) is 7.95. The lowest BCUT2D eigenvalue weighted by Crippen LogP contribution is -2.63. The molecule has 0 bridgehead atoms. The number of piperazine rings is 1. The molecule has 0 aromatic carbocycles. The maximum Gasteiger partial charge on any atom is 0.274 e. The average Bonchev–Trinajstić information content (AvgIpc) is 2.89. The average molecular weight is 499 g/mol. The number of likely N-dealkylation sites (tertiary alicyclic amines) is 2. The minimum Gasteiger partial charge on any atom is -0.352 e. The van der Waals surface area contributed by atoms with Crippen LogP contribution in [0.1, 0.15) is 75.0 Å². The summed E-state index contributed by atoms with van der Waals surface area (Å²) >= 11 is 0. The molecule has 0 unspecified atom stereocenters. The van der Waals surface area contributed by atoms with Crippen molar-refractivity contribution in [2.75, 3.05) is 32.7 Å². The number of hydrogen-bond acceptors (Lipinski definition) is 6. The molecular formula is C26H38N6O4. The van der Waals surface area contributed by atoms with E-state index in [9.17, 15) is 19.2 Å². The molecule has 4 rings (SSSR count). The highest BCUT2D eigenvalue weighted by Crippen LogP contribution is 2.31. The normalized spacial score (nSPS) is 22.8. The zero-order valence-corrected chi connectivity index (χ0v) is 21.7. The molecule has 0 radical (unpaired) electrons. The van der Waals surface area contributed by atoms with E-state index in [1.165, 1.54) is 6.20 Å². The summed E-state index contributed by atoms with van der Waals surface area (Å²) in [6.07, 6.45) is 8.12. The lowest BCUT2D eigenvalue weighted by atomic mass is 9.83. The van der Waals surface area contributed by atoms with Crippen LogP contribution in [0.4, 0.5) is 0 Å². The Hall–Kier alpha value is -3.04. The number of aromatic nitrogens is 2. The van der Waals surface area contributed by atoms with Crippen LogP contribution in [0.15, 0.2) is 12.4 Å². The van der Waals surface area contributed by atoms with Gasteiger partial charge in [0.1, 0.15) is 11.2 Å². The molecule has 0 aliphatic carbocycles. The first kappa shape index (κ1) is 26.0. The Kier molecular flexibility index (Phi) is 7.90. The number of hydrogen-bond donors (Lipinski definition) is 1. The zero-order valence-electron chi connectivity index (χ0n) is 21.7. The van der Waals surface area contributed by atoms with Gasteiger partial charge in [-0.2, -0.15) is 0 Å². The highest BCUT2D eigenvalue weighted by atomic mass is 16.2. The van der Waals surface area contributed by atoms with E-state index in [0.29, 0.717) is 44.3 Å². The van der Waals surface area contributed by atoms with Crippen LogP contribution in [0.5, 0.6) is 0 Å². The molecule has 10 nitrogen and oxygen atoms in total. The highest BCUT2D eigenvalue weighted by molar-refractivity contribution is 5.93. The number of carbonyl (C=O) groups is 4. The summed E-state index contributed by atoms with van der Waals surface area (Å²) in [5, 5.41) is 2.80. The topological polar surface area (TPSA) is 116 Å². The first-order valence-corrected chi connectivity index (χ1v) is 13.1. The van der Waals surface area contributed by atoms with Crippen LogP contribution in [-0.2, 0) is 14.4 Å². The maximum atomic E-state index is 13.2. The Morgan fingerprint density at radius 1 is 0.972 bits per heavy atom. The van der Waals surface area contributed by atoms with Crippen molar-refractivity contribution in [1.82, 2.24) is 30.0 Å². The van der Waals surface area contributed by atoms with Crippen LogP contribution in [0.2, 0.25) is 0 Å². The van der Waals surface area contributed by atoms with Gasteiger partial charge in [0.05, 0.1) is 11.9 Å². The van der Waals surface area contributed by atoms with Gasteiger partial charge >= 0.3 is 0 Å². The van der Waals surface area contributed by atoms with Gasteiger partial charge in [0.15, 0.2) is 0 Å². The molecular weight excluding hydrogens is 460 g/mol. The van der Waals surface area contributed by atoms with Gasteiger partial charge in [-0.1, -0.05) is 0 Å². The van der Waals surface area contributed by atoms with E-state index < -0.39 is 5.54 Å². The lowest BCUT2D eigenvalue weighted by Gasteiger charge is -2.44. The molecule has 36 heavy (non-hydrogen) atoms. The standard InChI is InChI=1S/C26H38N6O4/c1-18-16-29-20(17-28-18)24(35)30-13-9-19(10-14-30)21-6-4-5-12-31(21)22(33)7-8-23(34)32-15-11-27-25(36)26(32,2)3/h16-17,19,21H,4-15H2,1-3H3,(H,27,36)/t21-/m0/s1. The van der Waals surface area contributed by atoms with E-state index >= 15 is 0 Å². The second-order valence-corrected chi connectivity index (χ2v) is 10.7. The molecule has 1 atom stereocenters. The Balaban J connectivity index is 1.31. The third kappa shape index (κ3) is 5.52. The van der Waals surface area contributed by atoms with Crippen molar-refractivity contribution in [3.63, 3.8) is 0 Å². The molecule has 0 saturated carbocycles. The van der Waals surface area contributed by atoms with Crippen molar-refractivity contribution >= 4 is 23.6 Å². The van der Waals surface area contributed by atoms with Crippen molar-refractivity contribution in [1.29, 1.82) is 0 Å². The van der Waals surface area contributed by atoms with Crippen molar-refractivity contribution in [3.8, 4) is 0 Å². The SMILES string of the molecule is Cc1cnc(C(=O)N2CCC([C@@H]3CCCCN3C(=O)CCC(=O)N3CCNC(=O)C3(C)C)CC2)cn1. The van der Waals surface area contributed by atoms with E-state index in [1.807, 2.05) is 16.7 Å². The molecule has 196 valence electrons. The third-order valence-corrected chi connectivity index (χ3v) is 7.95. The quantitative estimate of drug-likeness (QED) is 0.658. The molecule has 3 saturated heterocycles. The van der Waals surface area contributed by atoms with E-state index in [4.69, 9.17) is 0 Å². The summed E-state index contributed by atoms with van der Waals surface area (Å²) in [4.78, 5) is 64.9. The van der Waals surface area contributed by atoms with Crippen LogP contribution < -0.4 is 5.32 Å². The molecule has 3 fully saturated rings. The fourth-order valence-electron chi connectivity index (χ4n) is 5.74. The van der Waals surface area contributed by atoms with Crippen LogP contribution in [-0.4, -0.2) is 92.6 Å². The van der Waals surface area contributed by atoms with Gasteiger partial charge in [-0.3, -0.25) is 24.2 Å². The largest absolute Gasteiger partial charge is 0.352 e. The predicted octanol–water partition coefficient (Wildman–Crippen LogP) is 1.54. The number of nitrogens with one attached hydrogen (secondary N) is 1. The molecule has 1 aromatic rings. The summed E-state index contributed by atoms with van der Waals surface area (Å²) in [7, 11) is 0. The number of carbonyl (C=O) groups excluding carboxylic acids is 4. The van der Waals surface area contributed by atoms with E-state index in [1.54, 1.807) is 24.9 Å². The number of nitrogens with zero attached hydrogens (tertiary/aromatic N) is 5. The minimum absolute atomic E-state index is 0.0146. The van der Waals surface area contributed by atoms with Crippen LogP contribution in [0.3, 0.4) is 0 Å². The smallest absolute Gasteiger partial charge is 0.274 e. The Morgan fingerprint density at radius 2 is 1.69 bits per heavy atom. The van der Waals surface area contributed by atoms with Crippen LogP contribution in [0.25, 0.3) is 0 Å². The van der Waals surface area contributed by atoms with Gasteiger partial charge in [-0.25, -0.2) is 4.98 Å². The minimum atomic E-state index is -0.901. The number of piperidine rings is 2. The Bertz CT molecular complexity index is 987. The van der Waals surface area contributed by atoms with E-state index in [0.717, 1.165) is 37.8 Å². The zero-order chi connectivity index (χ0) is 25.9. The van der Waals surface area contributed by atoms with Crippen molar-refractivity contribution < 1.29 is 19.2 Å². The molecule has 3 aliphatic heterocycles. The van der Waals surface area contributed by atoms with Crippen molar-refractivity contribution in [3.05, 3.63) is 23.8 Å². The van der Waals surface area contributed by atoms with Crippen molar-refractivity contribution in [2.24, 2.45) is 5.92 Å². The molecule has 10 heteroatoms. The predicted molar refractivity (Wildman–Crippen MR) is 133 cm³/mol. The highest BCUT2D eigenvalue weighted by Gasteiger charge is 2.41. The molecule has 3 aliphatic rings. The van der Waals surface area contributed by atoms with Gasteiger partial charge < -0.3 is 20.0 Å². The fraction of sp³-hybridized carbons (Fsp3) is 0.692. The van der Waals surface area contributed by atoms with Crippen molar-refractivity contribution in [2.45, 2.75) is 77.3 Å². The first-order valence-electron chi connectivity index (χ1n) is 13.1. The summed E-state index contributed by atoms with van der Waals surface area (Å²) in [6, 6.07) is 0.148. The molecule has 1 N–H and O–H groups in total. The lowest BCUT2D eigenvalue weighted by molar-refractivity contribution is -0.150. The van der Waals surface area contributed by atoms with Crippen LogP contribution >= 0.6 is 0 Å². The summed E-state index contributed by atoms with van der Waals surface area (Å²) in [5.74, 6) is -0.0551. The molecule has 0 spiro atoms. The molecule has 1 aromatic heterocycles. The first-order chi connectivity index (χ1) is 17.2. The van der Waals surface area contributed by atoms with Gasteiger partial charge in [-0.15, -0.1) is 0 Å². The van der Waals surface area contributed by atoms with Gasteiger partial charge in [-0.05, 0) is 58.8 Å². The summed E-state index contributed by atoms with van der Waals surface area (Å²) < 4.78 is 0. The van der Waals surface area contributed by atoms with E-state index in [2.05, 4.69) is 15.3 Å². The van der Waals surface area contributed by atoms with Crippen LogP contribution in [0, 0.1) is 12.8 Å². The maximum absolute atomic E-state index is 13.2. The fourth-order valence-corrected chi connectivity index (χ4v) is 5.74. The summed E-state index contributed by atoms with van der Waals surface area (Å²) in [5.41, 5.74) is 0.244. The molecule has 4 heterocycles. The van der Waals surface area contributed by atoms with Gasteiger partial charge in [0.2, 0.25) is 17.7 Å². The second-order valence-electron chi connectivity index (χ2n) is 10.7. The van der Waals surface area contributed by atoms with Gasteiger partial charge in [0, 0.05) is 57.8 Å². The number of amides is 4. The molecule has 4 amide bonds. The second kappa shape index (κ2) is 10.9. The monoisotopic (exact) mass is 498 g/mol. The van der Waals surface area contributed by atoms with E-state index in [-0.39, 0.29) is 42.5 Å².